The standard InChI is InChI=1S/C15H24O4.C9H19O4P.C9H14O3/c1-5-18-14(17)12-8-6-11(7-9-12)10-13(16)19-15(2,3)4;1-6-12-14(5,11)7-8(10)13-9(2,3)4;1-2-12-9(11)7-3-5-8(10)6-4-7/h10,12H,5-9H2,1-4H3;6-7H2,1-5H3;7H,2-6H2,1H3. The predicted molar refractivity (Wildman–Crippen MR) is 172 cm³/mol. The van der Waals surface area contributed by atoms with Crippen molar-refractivity contribution in [2.75, 3.05) is 32.6 Å². The summed E-state index contributed by atoms with van der Waals surface area (Å²) in [5.41, 5.74) is 0.0642. The molecule has 0 N–H and O–H groups in total. The van der Waals surface area contributed by atoms with Gasteiger partial charge in [0.2, 0.25) is 7.37 Å². The first-order valence-corrected chi connectivity index (χ1v) is 18.2. The SMILES string of the molecule is CCOC(=O)C1CCC(=CC(=O)OC(C)(C)C)CC1.CCOC(=O)C1CCC(=O)CC1.CCOP(C)(=O)CC(=O)OC(C)(C)C. The second-order valence-electron chi connectivity index (χ2n) is 13.1. The van der Waals surface area contributed by atoms with Crippen LogP contribution in [0.15, 0.2) is 11.6 Å². The fourth-order valence-corrected chi connectivity index (χ4v) is 5.66. The summed E-state index contributed by atoms with van der Waals surface area (Å²) < 4.78 is 36.7. The molecule has 1 unspecified atom stereocenters. The lowest BCUT2D eigenvalue weighted by molar-refractivity contribution is -0.152. The number of ether oxygens (including phenoxy) is 4. The van der Waals surface area contributed by atoms with Crippen molar-refractivity contribution in [3.63, 3.8) is 0 Å². The minimum Gasteiger partial charge on any atom is -0.466 e. The van der Waals surface area contributed by atoms with Crippen LogP contribution >= 0.6 is 7.37 Å². The first-order chi connectivity index (χ1) is 20.7. The molecule has 0 aromatic carbocycles. The summed E-state index contributed by atoms with van der Waals surface area (Å²) in [6, 6.07) is 0. The van der Waals surface area contributed by atoms with Crippen molar-refractivity contribution in [1.29, 1.82) is 0 Å². The highest BCUT2D eigenvalue weighted by Crippen LogP contribution is 2.42. The number of hydrogen-bond acceptors (Lipinski definition) is 11. The van der Waals surface area contributed by atoms with Gasteiger partial charge < -0.3 is 23.5 Å². The van der Waals surface area contributed by atoms with Crippen LogP contribution in [0.3, 0.4) is 0 Å². The third-order valence-electron chi connectivity index (χ3n) is 6.38. The van der Waals surface area contributed by atoms with Crippen molar-refractivity contribution < 1.29 is 52.0 Å². The minimum atomic E-state index is -2.81. The molecule has 0 saturated heterocycles. The van der Waals surface area contributed by atoms with Gasteiger partial charge in [0.05, 0.1) is 31.7 Å². The molecule has 0 spiro atoms. The van der Waals surface area contributed by atoms with Crippen LogP contribution < -0.4 is 0 Å². The van der Waals surface area contributed by atoms with Crippen LogP contribution in [-0.4, -0.2) is 73.5 Å². The van der Waals surface area contributed by atoms with E-state index in [2.05, 4.69) is 0 Å². The molecule has 0 aromatic rings. The summed E-state index contributed by atoms with van der Waals surface area (Å²) in [5.74, 6) is -0.786. The number of carbonyl (C=O) groups excluding carboxylic acids is 5. The Morgan fingerprint density at radius 3 is 1.53 bits per heavy atom. The van der Waals surface area contributed by atoms with E-state index in [1.165, 1.54) is 6.66 Å². The molecule has 45 heavy (non-hydrogen) atoms. The Labute approximate surface area is 269 Å². The van der Waals surface area contributed by atoms with Crippen LogP contribution in [0.4, 0.5) is 0 Å². The predicted octanol–water partition coefficient (Wildman–Crippen LogP) is 6.59. The maximum absolute atomic E-state index is 11.7. The third kappa shape index (κ3) is 21.8. The van der Waals surface area contributed by atoms with Crippen molar-refractivity contribution in [2.24, 2.45) is 11.8 Å². The maximum atomic E-state index is 11.7. The van der Waals surface area contributed by atoms with Crippen molar-refractivity contribution in [3.8, 4) is 0 Å². The first kappa shape index (κ1) is 42.5. The number of ketones is 1. The van der Waals surface area contributed by atoms with Gasteiger partial charge >= 0.3 is 23.9 Å². The first-order valence-electron chi connectivity index (χ1n) is 15.9. The van der Waals surface area contributed by atoms with Gasteiger partial charge in [0.1, 0.15) is 23.1 Å². The molecule has 11 nitrogen and oxygen atoms in total. The molecule has 2 rings (SSSR count). The maximum Gasteiger partial charge on any atom is 0.331 e. The van der Waals surface area contributed by atoms with Gasteiger partial charge in [-0.3, -0.25) is 23.7 Å². The van der Waals surface area contributed by atoms with E-state index in [0.717, 1.165) is 31.3 Å². The molecule has 2 fully saturated rings. The highest BCUT2D eigenvalue weighted by molar-refractivity contribution is 7.59. The van der Waals surface area contributed by atoms with Crippen LogP contribution in [0.2, 0.25) is 0 Å². The van der Waals surface area contributed by atoms with Gasteiger partial charge in [0.25, 0.3) is 0 Å². The monoisotopic (exact) mass is 660 g/mol. The summed E-state index contributed by atoms with van der Waals surface area (Å²) >= 11 is 0. The highest BCUT2D eigenvalue weighted by atomic mass is 31.2. The fraction of sp³-hybridized carbons (Fsp3) is 0.788. The smallest absolute Gasteiger partial charge is 0.331 e. The number of rotatable bonds is 9. The van der Waals surface area contributed by atoms with E-state index >= 15 is 0 Å². The summed E-state index contributed by atoms with van der Waals surface area (Å²) in [7, 11) is -2.81. The summed E-state index contributed by atoms with van der Waals surface area (Å²) in [4.78, 5) is 56.5. The zero-order chi connectivity index (χ0) is 34.8. The largest absolute Gasteiger partial charge is 0.466 e. The normalized spacial score (nSPS) is 18.5. The molecule has 0 radical (unpaired) electrons. The van der Waals surface area contributed by atoms with E-state index in [4.69, 9.17) is 23.5 Å². The Morgan fingerprint density at radius 1 is 0.733 bits per heavy atom. The van der Waals surface area contributed by atoms with Crippen LogP contribution in [0.25, 0.3) is 0 Å². The molecule has 0 bridgehead atoms. The zero-order valence-electron chi connectivity index (χ0n) is 29.2. The lowest BCUT2D eigenvalue weighted by Gasteiger charge is -2.23. The van der Waals surface area contributed by atoms with Crippen molar-refractivity contribution >= 4 is 37.0 Å². The molecule has 2 aliphatic carbocycles. The molecule has 0 aromatic heterocycles. The number of hydrogen-bond donors (Lipinski definition) is 0. The van der Waals surface area contributed by atoms with Crippen molar-refractivity contribution in [1.82, 2.24) is 0 Å². The van der Waals surface area contributed by atoms with E-state index in [0.29, 0.717) is 45.5 Å². The molecule has 2 aliphatic rings. The van der Waals surface area contributed by atoms with Gasteiger partial charge in [-0.25, -0.2) is 4.79 Å². The average molecular weight is 661 g/mol. The summed E-state index contributed by atoms with van der Waals surface area (Å²) in [6.07, 6.45) is 6.92. The third-order valence-corrected chi connectivity index (χ3v) is 8.02. The van der Waals surface area contributed by atoms with Crippen LogP contribution in [-0.2, 0) is 52.0 Å². The minimum absolute atomic E-state index is 0.0178. The number of esters is 4. The van der Waals surface area contributed by atoms with Crippen LogP contribution in [0, 0.1) is 11.8 Å². The number of allylic oxidation sites excluding steroid dienone is 1. The molecule has 2 saturated carbocycles. The Hall–Kier alpha value is -2.52. The molecule has 0 aliphatic heterocycles. The molecular formula is C33H57O11P. The van der Waals surface area contributed by atoms with E-state index < -0.39 is 24.5 Å². The van der Waals surface area contributed by atoms with E-state index in [1.54, 1.807) is 40.7 Å². The Bertz CT molecular complexity index is 1030. The highest BCUT2D eigenvalue weighted by Gasteiger charge is 2.27. The quantitative estimate of drug-likeness (QED) is 0.114. The Kier molecular flexibility index (Phi) is 19.4. The Balaban J connectivity index is 0.000000666. The zero-order valence-corrected chi connectivity index (χ0v) is 30.0. The lowest BCUT2D eigenvalue weighted by atomic mass is 9.86. The second kappa shape index (κ2) is 20.6. The fourth-order valence-electron chi connectivity index (χ4n) is 4.49. The van der Waals surface area contributed by atoms with Gasteiger partial charge in [0.15, 0.2) is 0 Å². The topological polar surface area (TPSA) is 149 Å². The van der Waals surface area contributed by atoms with Crippen molar-refractivity contribution in [3.05, 3.63) is 11.6 Å². The van der Waals surface area contributed by atoms with Gasteiger partial charge in [-0.1, -0.05) is 5.57 Å². The molecular weight excluding hydrogens is 603 g/mol. The molecule has 260 valence electrons. The number of carbonyl (C=O) groups is 5. The van der Waals surface area contributed by atoms with Crippen molar-refractivity contribution in [2.45, 2.75) is 125 Å². The second-order valence-corrected chi connectivity index (χ2v) is 15.7. The molecule has 1 atom stereocenters. The van der Waals surface area contributed by atoms with E-state index in [9.17, 15) is 28.5 Å². The Morgan fingerprint density at radius 2 is 1.16 bits per heavy atom. The van der Waals surface area contributed by atoms with Crippen LogP contribution in [0.1, 0.15) is 114 Å². The summed E-state index contributed by atoms with van der Waals surface area (Å²) in [5, 5.41) is 0. The summed E-state index contributed by atoms with van der Waals surface area (Å²) in [6.45, 7) is 18.9. The van der Waals surface area contributed by atoms with Gasteiger partial charge in [-0.05, 0) is 101 Å². The molecule has 0 amide bonds. The van der Waals surface area contributed by atoms with E-state index in [1.807, 2.05) is 27.7 Å². The lowest BCUT2D eigenvalue weighted by Crippen LogP contribution is -2.25. The average Bonchev–Trinajstić information content (AvgIpc) is 2.88. The molecule has 0 heterocycles. The number of Topliss-reactive ketones (excluding diaryl/α,β-unsaturated/α-hetero) is 1. The van der Waals surface area contributed by atoms with Crippen LogP contribution in [0.5, 0.6) is 0 Å². The van der Waals surface area contributed by atoms with E-state index in [-0.39, 0.29) is 41.7 Å². The van der Waals surface area contributed by atoms with Gasteiger partial charge in [-0.2, -0.15) is 0 Å². The van der Waals surface area contributed by atoms with Gasteiger partial charge in [0, 0.05) is 25.6 Å². The molecule has 12 heteroatoms. The van der Waals surface area contributed by atoms with Gasteiger partial charge in [-0.15, -0.1) is 0 Å².